The molecule has 1 aromatic heterocycles. The molecule has 26 heavy (non-hydrogen) atoms. The van der Waals surface area contributed by atoms with Crippen LogP contribution in [0, 0.1) is 0 Å². The van der Waals surface area contributed by atoms with E-state index in [-0.39, 0.29) is 18.2 Å². The minimum Gasteiger partial charge on any atom is -0.304 e. The Kier molecular flexibility index (Phi) is 5.58. The van der Waals surface area contributed by atoms with Crippen LogP contribution in [0.15, 0.2) is 41.5 Å². The average molecular weight is 372 g/mol. The van der Waals surface area contributed by atoms with Crippen LogP contribution in [0.2, 0.25) is 5.02 Å². The van der Waals surface area contributed by atoms with Gasteiger partial charge in [-0.25, -0.2) is 5.01 Å². The summed E-state index contributed by atoms with van der Waals surface area (Å²) in [6.45, 7) is 0. The minimum absolute atomic E-state index is 0.106. The van der Waals surface area contributed by atoms with Crippen molar-refractivity contribution in [2.75, 3.05) is 12.4 Å². The van der Waals surface area contributed by atoms with Gasteiger partial charge in [-0.3, -0.25) is 9.59 Å². The summed E-state index contributed by atoms with van der Waals surface area (Å²) in [5.41, 5.74) is 2.26. The molecule has 134 valence electrons. The molecular weight excluding hydrogens is 354 g/mol. The molecule has 2 aromatic rings. The molecule has 0 fully saturated rings. The highest BCUT2D eigenvalue weighted by Crippen LogP contribution is 2.13. The highest BCUT2D eigenvalue weighted by Gasteiger charge is 2.22. The Bertz CT molecular complexity index is 851. The zero-order valence-corrected chi connectivity index (χ0v) is 15.0. The molecule has 1 aliphatic heterocycles. The van der Waals surface area contributed by atoms with E-state index in [9.17, 15) is 9.59 Å². The number of aryl methyl sites for hydroxylation is 2. The molecule has 1 aliphatic rings. The first-order valence-corrected chi connectivity index (χ1v) is 8.61. The van der Waals surface area contributed by atoms with E-state index < -0.39 is 0 Å². The number of amides is 2. The van der Waals surface area contributed by atoms with Gasteiger partial charge in [0.1, 0.15) is 5.71 Å². The molecule has 1 N–H and O–H groups in total. The second-order valence-corrected chi connectivity index (χ2v) is 6.39. The highest BCUT2D eigenvalue weighted by atomic mass is 35.5. The number of hydrazone groups is 1. The zero-order valence-electron chi connectivity index (χ0n) is 14.3. The van der Waals surface area contributed by atoms with Crippen molar-refractivity contribution in [3.63, 3.8) is 0 Å². The molecule has 3 rings (SSSR count). The Hall–Kier alpha value is -2.80. The zero-order chi connectivity index (χ0) is 18.5. The quantitative estimate of drug-likeness (QED) is 0.874. The third-order valence-corrected chi connectivity index (χ3v) is 4.22. The van der Waals surface area contributed by atoms with Crippen molar-refractivity contribution in [1.82, 2.24) is 15.2 Å². The van der Waals surface area contributed by atoms with Crippen LogP contribution >= 0.6 is 11.6 Å². The van der Waals surface area contributed by atoms with Gasteiger partial charge in [0.05, 0.1) is 5.69 Å². The largest absolute Gasteiger partial charge is 0.304 e. The van der Waals surface area contributed by atoms with Gasteiger partial charge in [-0.1, -0.05) is 23.7 Å². The highest BCUT2D eigenvalue weighted by molar-refractivity contribution is 6.43. The summed E-state index contributed by atoms with van der Waals surface area (Å²) in [5.74, 6) is -0.125. The number of anilines is 1. The second kappa shape index (κ2) is 8.05. The molecule has 0 saturated heterocycles. The first-order chi connectivity index (χ1) is 12.5. The first-order valence-electron chi connectivity index (χ1n) is 8.24. The summed E-state index contributed by atoms with van der Waals surface area (Å²) in [4.78, 5) is 23.6. The molecule has 0 unspecified atom stereocenters. The van der Waals surface area contributed by atoms with Crippen molar-refractivity contribution < 1.29 is 9.59 Å². The van der Waals surface area contributed by atoms with Gasteiger partial charge in [0.2, 0.25) is 5.91 Å². The Morgan fingerprint density at radius 3 is 2.73 bits per heavy atom. The van der Waals surface area contributed by atoms with Crippen molar-refractivity contribution in [1.29, 1.82) is 0 Å². The van der Waals surface area contributed by atoms with Crippen molar-refractivity contribution in [2.24, 2.45) is 5.10 Å². The number of hydrogen-bond acceptors (Lipinski definition) is 5. The third-order valence-electron chi connectivity index (χ3n) is 3.99. The van der Waals surface area contributed by atoms with Crippen molar-refractivity contribution in [3.8, 4) is 0 Å². The summed E-state index contributed by atoms with van der Waals surface area (Å²) < 4.78 is 0. The Morgan fingerprint density at radius 2 is 2.04 bits per heavy atom. The number of rotatable bonds is 5. The van der Waals surface area contributed by atoms with Crippen molar-refractivity contribution in [2.45, 2.75) is 25.7 Å². The summed E-state index contributed by atoms with van der Waals surface area (Å²) in [5, 5.41) is 16.7. The van der Waals surface area contributed by atoms with Crippen LogP contribution in [0.4, 0.5) is 5.82 Å². The topological polar surface area (TPSA) is 87.6 Å². The predicted octanol–water partition coefficient (Wildman–Crippen LogP) is 2.46. The normalized spacial score (nSPS) is 14.2. The fourth-order valence-electron chi connectivity index (χ4n) is 2.55. The van der Waals surface area contributed by atoms with E-state index in [4.69, 9.17) is 11.6 Å². The van der Waals surface area contributed by atoms with E-state index in [0.29, 0.717) is 23.0 Å². The molecule has 0 saturated carbocycles. The molecular formula is C18H18ClN5O2. The number of carbonyl (C=O) groups excluding carboxylic acids is 2. The van der Waals surface area contributed by atoms with Gasteiger partial charge in [0.25, 0.3) is 5.91 Å². The molecule has 0 aliphatic carbocycles. The lowest BCUT2D eigenvalue weighted by atomic mass is 10.1. The lowest BCUT2D eigenvalue weighted by Gasteiger charge is -2.18. The van der Waals surface area contributed by atoms with Gasteiger partial charge < -0.3 is 5.32 Å². The molecule has 8 heteroatoms. The fraction of sp³-hybridized carbons (Fsp3) is 0.278. The van der Waals surface area contributed by atoms with Crippen LogP contribution in [-0.4, -0.2) is 39.8 Å². The number of nitrogens with zero attached hydrogens (tertiary/aromatic N) is 4. The fourth-order valence-corrected chi connectivity index (χ4v) is 2.76. The van der Waals surface area contributed by atoms with Crippen molar-refractivity contribution >= 4 is 34.9 Å². The van der Waals surface area contributed by atoms with E-state index in [0.717, 1.165) is 24.1 Å². The maximum Gasteiger partial charge on any atom is 0.273 e. The summed E-state index contributed by atoms with van der Waals surface area (Å²) >= 11 is 5.98. The number of hydrogen-bond donors (Lipinski definition) is 1. The van der Waals surface area contributed by atoms with E-state index in [2.05, 4.69) is 20.6 Å². The van der Waals surface area contributed by atoms with Crippen LogP contribution in [0.1, 0.15) is 24.1 Å². The number of carbonyl (C=O) groups is 2. The molecule has 0 spiro atoms. The van der Waals surface area contributed by atoms with E-state index in [1.54, 1.807) is 6.07 Å². The number of aromatic nitrogens is 2. The smallest absolute Gasteiger partial charge is 0.273 e. The van der Waals surface area contributed by atoms with E-state index in [1.807, 2.05) is 30.3 Å². The first kappa shape index (κ1) is 18.0. The third kappa shape index (κ3) is 4.64. The molecule has 1 aromatic carbocycles. The molecule has 0 radical (unpaired) electrons. The minimum atomic E-state index is -0.370. The Labute approximate surface area is 156 Å². The molecule has 7 nitrogen and oxygen atoms in total. The molecule has 2 amide bonds. The summed E-state index contributed by atoms with van der Waals surface area (Å²) in [6.07, 6.45) is 2.12. The number of benzene rings is 1. The van der Waals surface area contributed by atoms with Gasteiger partial charge in [-0.05, 0) is 42.7 Å². The standard InChI is InChI=1S/C18H18ClN5O2/c1-24-17(25)10-8-15(23-24)18(26)20-16-9-7-14(21-22-16)6-5-12-3-2-4-13(19)11-12/h2-4,7,9,11H,5-6,8,10H2,1H3,(H,20,22,26). The molecule has 0 atom stereocenters. The Balaban J connectivity index is 1.57. The van der Waals surface area contributed by atoms with E-state index >= 15 is 0 Å². The van der Waals surface area contributed by atoms with Crippen molar-refractivity contribution in [3.05, 3.63) is 52.7 Å². The van der Waals surface area contributed by atoms with Gasteiger partial charge in [-0.15, -0.1) is 5.10 Å². The number of nitrogens with one attached hydrogen (secondary N) is 1. The van der Waals surface area contributed by atoms with Gasteiger partial charge in [0, 0.05) is 24.9 Å². The maximum absolute atomic E-state index is 12.2. The molecule has 0 bridgehead atoms. The predicted molar refractivity (Wildman–Crippen MR) is 99.0 cm³/mol. The Morgan fingerprint density at radius 1 is 1.19 bits per heavy atom. The summed E-state index contributed by atoms with van der Waals surface area (Å²) in [6, 6.07) is 11.2. The van der Waals surface area contributed by atoms with E-state index in [1.165, 1.54) is 12.1 Å². The lowest BCUT2D eigenvalue weighted by molar-refractivity contribution is -0.130. The monoisotopic (exact) mass is 371 g/mol. The van der Waals surface area contributed by atoms with Gasteiger partial charge in [0.15, 0.2) is 5.82 Å². The van der Waals surface area contributed by atoms with Gasteiger partial charge in [-0.2, -0.15) is 10.2 Å². The van der Waals surface area contributed by atoms with Crippen LogP contribution in [0.5, 0.6) is 0 Å². The maximum atomic E-state index is 12.2. The van der Waals surface area contributed by atoms with Crippen LogP contribution < -0.4 is 5.32 Å². The average Bonchev–Trinajstić information content (AvgIpc) is 2.63. The van der Waals surface area contributed by atoms with Crippen LogP contribution in [0.25, 0.3) is 0 Å². The molecule has 2 heterocycles. The van der Waals surface area contributed by atoms with Crippen LogP contribution in [0.3, 0.4) is 0 Å². The SMILES string of the molecule is CN1N=C(C(=O)Nc2ccc(CCc3cccc(Cl)c3)nn2)CCC1=O. The second-order valence-electron chi connectivity index (χ2n) is 5.96. The lowest BCUT2D eigenvalue weighted by Crippen LogP contribution is -2.34. The summed E-state index contributed by atoms with van der Waals surface area (Å²) in [7, 11) is 1.53. The number of halogens is 1. The van der Waals surface area contributed by atoms with Gasteiger partial charge >= 0.3 is 0 Å². The van der Waals surface area contributed by atoms with Crippen LogP contribution in [-0.2, 0) is 22.4 Å².